The van der Waals surface area contributed by atoms with Gasteiger partial charge in [0.15, 0.2) is 0 Å². The second-order valence-corrected chi connectivity index (χ2v) is 10.3. The number of nitrogens with zero attached hydrogens (tertiary/aromatic N) is 4. The molecular weight excluding hydrogens is 464 g/mol. The quantitative estimate of drug-likeness (QED) is 0.609. The van der Waals surface area contributed by atoms with Gasteiger partial charge in [0.1, 0.15) is 0 Å². The summed E-state index contributed by atoms with van der Waals surface area (Å²) in [7, 11) is 0. The Balaban J connectivity index is 1.08. The van der Waals surface area contributed by atoms with Crippen molar-refractivity contribution in [1.29, 1.82) is 0 Å². The summed E-state index contributed by atoms with van der Waals surface area (Å²) in [5.74, 6) is -0.0869. The minimum absolute atomic E-state index is 0.00447. The van der Waals surface area contributed by atoms with Gasteiger partial charge >= 0.3 is 0 Å². The molecule has 2 saturated heterocycles. The van der Waals surface area contributed by atoms with E-state index in [1.165, 1.54) is 4.90 Å². The molecule has 182 valence electrons. The molecule has 3 heterocycles. The van der Waals surface area contributed by atoms with Crippen LogP contribution >= 0.6 is 11.6 Å². The molecule has 3 aliphatic heterocycles. The van der Waals surface area contributed by atoms with Crippen molar-refractivity contribution in [2.45, 2.75) is 31.7 Å². The van der Waals surface area contributed by atoms with E-state index in [4.69, 9.17) is 11.6 Å². The number of anilines is 2. The Hall–Kier alpha value is -3.06. The number of amides is 3. The van der Waals surface area contributed by atoms with Crippen LogP contribution in [0.4, 0.5) is 11.4 Å². The normalized spacial score (nSPS) is 21.1. The fraction of sp³-hybridized carbons (Fsp3) is 0.444. The number of imide groups is 1. The first kappa shape index (κ1) is 22.4. The topological polar surface area (TPSA) is 64.2 Å². The highest BCUT2D eigenvalue weighted by Crippen LogP contribution is 2.39. The molecule has 7 nitrogen and oxygen atoms in total. The minimum Gasteiger partial charge on any atom is -0.371 e. The van der Waals surface area contributed by atoms with Gasteiger partial charge in [-0.15, -0.1) is 0 Å². The number of fused-ring (bicyclic) bond motifs is 1. The molecule has 1 saturated carbocycles. The summed E-state index contributed by atoms with van der Waals surface area (Å²) >= 11 is 6.35. The predicted octanol–water partition coefficient (Wildman–Crippen LogP) is 3.66. The molecule has 6 rings (SSSR count). The van der Waals surface area contributed by atoms with Gasteiger partial charge in [-0.2, -0.15) is 0 Å². The van der Waals surface area contributed by atoms with E-state index in [1.54, 1.807) is 6.07 Å². The van der Waals surface area contributed by atoms with Crippen LogP contribution in [0.5, 0.6) is 0 Å². The Labute approximate surface area is 210 Å². The van der Waals surface area contributed by atoms with Crippen LogP contribution in [-0.2, 0) is 4.79 Å². The summed E-state index contributed by atoms with van der Waals surface area (Å²) in [5, 5.41) is 0.743. The number of carbonyl (C=O) groups excluding carboxylic acids is 3. The van der Waals surface area contributed by atoms with Crippen molar-refractivity contribution in [3.05, 3.63) is 58.6 Å². The molecule has 2 aromatic rings. The van der Waals surface area contributed by atoms with Crippen molar-refractivity contribution < 1.29 is 14.4 Å². The third kappa shape index (κ3) is 3.96. The number of halogens is 1. The van der Waals surface area contributed by atoms with E-state index in [-0.39, 0.29) is 29.7 Å². The van der Waals surface area contributed by atoms with Gasteiger partial charge in [0.2, 0.25) is 5.91 Å². The maximum absolute atomic E-state index is 13.3. The van der Waals surface area contributed by atoms with E-state index >= 15 is 0 Å². The van der Waals surface area contributed by atoms with Crippen LogP contribution in [0.1, 0.15) is 46.4 Å². The second kappa shape index (κ2) is 8.86. The number of para-hydroxylation sites is 1. The van der Waals surface area contributed by atoms with Crippen molar-refractivity contribution in [1.82, 2.24) is 9.80 Å². The largest absolute Gasteiger partial charge is 0.371 e. The number of piperazine rings is 1. The molecule has 0 spiro atoms. The summed E-state index contributed by atoms with van der Waals surface area (Å²) in [6.07, 6.45) is 3.31. The standard InChI is InChI=1S/C27H29ClN4O3/c28-21-5-1-2-6-22(21)30-14-16-31(17-15-30)25(33)18-10-12-29(13-11-18)23-7-3-4-20-24(23)27(35)32(26(20)34)19-8-9-19/h1-7,18-19H,8-17H2. The van der Waals surface area contributed by atoms with E-state index in [1.807, 2.05) is 41.3 Å². The zero-order valence-electron chi connectivity index (χ0n) is 19.7. The molecule has 3 amide bonds. The van der Waals surface area contributed by atoms with Crippen LogP contribution in [0.25, 0.3) is 0 Å². The molecule has 3 fully saturated rings. The fourth-order valence-corrected chi connectivity index (χ4v) is 5.97. The molecule has 0 atom stereocenters. The van der Waals surface area contributed by atoms with Crippen molar-refractivity contribution in [3.63, 3.8) is 0 Å². The number of piperidine rings is 1. The van der Waals surface area contributed by atoms with E-state index < -0.39 is 0 Å². The lowest BCUT2D eigenvalue weighted by Gasteiger charge is -2.40. The smallest absolute Gasteiger partial charge is 0.263 e. The Morgan fingerprint density at radius 1 is 0.743 bits per heavy atom. The van der Waals surface area contributed by atoms with Crippen molar-refractivity contribution in [2.24, 2.45) is 5.92 Å². The maximum atomic E-state index is 13.3. The second-order valence-electron chi connectivity index (χ2n) is 9.94. The van der Waals surface area contributed by atoms with E-state index in [0.717, 1.165) is 55.2 Å². The Bertz CT molecular complexity index is 1180. The van der Waals surface area contributed by atoms with Crippen LogP contribution in [0.3, 0.4) is 0 Å². The average molecular weight is 493 g/mol. The summed E-state index contributed by atoms with van der Waals surface area (Å²) in [6.45, 7) is 4.36. The zero-order chi connectivity index (χ0) is 24.1. The molecule has 0 unspecified atom stereocenters. The molecule has 1 aliphatic carbocycles. The average Bonchev–Trinajstić information content (AvgIpc) is 3.69. The lowest BCUT2D eigenvalue weighted by molar-refractivity contribution is -0.136. The summed E-state index contributed by atoms with van der Waals surface area (Å²) in [5.41, 5.74) is 2.93. The number of hydrogen-bond acceptors (Lipinski definition) is 5. The lowest BCUT2D eigenvalue weighted by atomic mass is 9.93. The Morgan fingerprint density at radius 2 is 1.40 bits per heavy atom. The molecule has 0 bridgehead atoms. The van der Waals surface area contributed by atoms with Gasteiger partial charge in [-0.25, -0.2) is 0 Å². The summed E-state index contributed by atoms with van der Waals surface area (Å²) in [4.78, 5) is 47.0. The van der Waals surface area contributed by atoms with Gasteiger partial charge in [0.05, 0.1) is 27.5 Å². The molecule has 2 aromatic carbocycles. The van der Waals surface area contributed by atoms with Crippen LogP contribution in [0.2, 0.25) is 5.02 Å². The van der Waals surface area contributed by atoms with Gasteiger partial charge in [0.25, 0.3) is 11.8 Å². The van der Waals surface area contributed by atoms with E-state index in [0.29, 0.717) is 37.3 Å². The maximum Gasteiger partial charge on any atom is 0.263 e. The van der Waals surface area contributed by atoms with Crippen molar-refractivity contribution in [2.75, 3.05) is 49.1 Å². The Kier molecular flexibility index (Phi) is 5.67. The van der Waals surface area contributed by atoms with Crippen molar-refractivity contribution >= 4 is 40.7 Å². The molecule has 35 heavy (non-hydrogen) atoms. The van der Waals surface area contributed by atoms with Gasteiger partial charge in [-0.1, -0.05) is 29.8 Å². The number of benzene rings is 2. The molecule has 0 radical (unpaired) electrons. The van der Waals surface area contributed by atoms with Gasteiger partial charge in [-0.3, -0.25) is 19.3 Å². The number of hydrogen-bond donors (Lipinski definition) is 0. The van der Waals surface area contributed by atoms with Gasteiger partial charge < -0.3 is 14.7 Å². The van der Waals surface area contributed by atoms with Crippen molar-refractivity contribution in [3.8, 4) is 0 Å². The van der Waals surface area contributed by atoms with Crippen LogP contribution in [0, 0.1) is 5.92 Å². The third-order valence-corrected chi connectivity index (χ3v) is 8.13. The van der Waals surface area contributed by atoms with E-state index in [2.05, 4.69) is 9.80 Å². The van der Waals surface area contributed by atoms with E-state index in [9.17, 15) is 14.4 Å². The first-order valence-electron chi connectivity index (χ1n) is 12.6. The number of rotatable bonds is 4. The minimum atomic E-state index is -0.157. The van der Waals surface area contributed by atoms with Gasteiger partial charge in [-0.05, 0) is 49.9 Å². The van der Waals surface area contributed by atoms with Crippen LogP contribution in [0.15, 0.2) is 42.5 Å². The molecule has 0 aromatic heterocycles. The number of carbonyl (C=O) groups is 3. The first-order chi connectivity index (χ1) is 17.0. The predicted molar refractivity (Wildman–Crippen MR) is 135 cm³/mol. The third-order valence-electron chi connectivity index (χ3n) is 7.81. The molecule has 4 aliphatic rings. The SMILES string of the molecule is O=C(C1CCN(c2cccc3c2C(=O)N(C2CC2)C3=O)CC1)N1CCN(c2ccccc2Cl)CC1. The molecule has 8 heteroatoms. The van der Waals surface area contributed by atoms with Gasteiger partial charge in [0, 0.05) is 51.2 Å². The lowest BCUT2D eigenvalue weighted by Crippen LogP contribution is -2.51. The first-order valence-corrected chi connectivity index (χ1v) is 12.9. The summed E-state index contributed by atoms with van der Waals surface area (Å²) in [6, 6.07) is 13.5. The molecule has 0 N–H and O–H groups in total. The van der Waals surface area contributed by atoms with Crippen LogP contribution in [-0.4, -0.2) is 72.8 Å². The highest BCUT2D eigenvalue weighted by molar-refractivity contribution is 6.33. The zero-order valence-corrected chi connectivity index (χ0v) is 20.4. The highest BCUT2D eigenvalue weighted by atomic mass is 35.5. The fourth-order valence-electron chi connectivity index (χ4n) is 5.71. The van der Waals surface area contributed by atoms with Crippen LogP contribution < -0.4 is 9.80 Å². The highest BCUT2D eigenvalue weighted by Gasteiger charge is 2.46. The Morgan fingerprint density at radius 3 is 2.09 bits per heavy atom. The molecular formula is C27H29ClN4O3. The summed E-state index contributed by atoms with van der Waals surface area (Å²) < 4.78 is 0. The monoisotopic (exact) mass is 492 g/mol.